The van der Waals surface area contributed by atoms with Gasteiger partial charge in [0.1, 0.15) is 0 Å². The fraction of sp³-hybridized carbons (Fsp3) is 0.278. The summed E-state index contributed by atoms with van der Waals surface area (Å²) in [5.74, 6) is 0.122. The normalized spacial score (nSPS) is 15.0. The average molecular weight is 315 g/mol. The van der Waals surface area contributed by atoms with Crippen molar-refractivity contribution in [3.05, 3.63) is 64.7 Å². The Morgan fingerprint density at radius 3 is 2.27 bits per heavy atom. The predicted molar refractivity (Wildman–Crippen MR) is 90.7 cm³/mol. The third-order valence-electron chi connectivity index (χ3n) is 4.14. The lowest BCUT2D eigenvalue weighted by Crippen LogP contribution is -2.49. The Bertz CT molecular complexity index is 678. The van der Waals surface area contributed by atoms with Crippen LogP contribution < -0.4 is 4.90 Å². The Kier molecular flexibility index (Phi) is 4.34. The zero-order valence-corrected chi connectivity index (χ0v) is 13.4. The third-order valence-corrected chi connectivity index (χ3v) is 4.46. The van der Waals surface area contributed by atoms with Crippen LogP contribution >= 0.6 is 11.6 Å². The first-order chi connectivity index (χ1) is 10.7. The Labute approximate surface area is 136 Å². The van der Waals surface area contributed by atoms with E-state index >= 15 is 0 Å². The first-order valence-electron chi connectivity index (χ1n) is 7.51. The van der Waals surface area contributed by atoms with Crippen molar-refractivity contribution < 1.29 is 4.79 Å². The van der Waals surface area contributed by atoms with Gasteiger partial charge in [-0.1, -0.05) is 41.9 Å². The molecule has 0 aliphatic carbocycles. The van der Waals surface area contributed by atoms with Crippen molar-refractivity contribution in [2.45, 2.75) is 6.92 Å². The van der Waals surface area contributed by atoms with E-state index in [-0.39, 0.29) is 5.91 Å². The lowest BCUT2D eigenvalue weighted by molar-refractivity contribution is 0.0746. The number of hydrogen-bond acceptors (Lipinski definition) is 2. The number of hydrogen-bond donors (Lipinski definition) is 0. The molecule has 0 radical (unpaired) electrons. The van der Waals surface area contributed by atoms with E-state index < -0.39 is 0 Å². The van der Waals surface area contributed by atoms with Crippen molar-refractivity contribution in [2.75, 3.05) is 31.1 Å². The van der Waals surface area contributed by atoms with Crippen molar-refractivity contribution in [1.82, 2.24) is 4.90 Å². The van der Waals surface area contributed by atoms with Crippen LogP contribution in [0.3, 0.4) is 0 Å². The van der Waals surface area contributed by atoms with Gasteiger partial charge in [-0.25, -0.2) is 0 Å². The number of para-hydroxylation sites is 1. The van der Waals surface area contributed by atoms with E-state index in [1.54, 1.807) is 0 Å². The summed E-state index contributed by atoms with van der Waals surface area (Å²) < 4.78 is 0. The Morgan fingerprint density at radius 1 is 0.955 bits per heavy atom. The van der Waals surface area contributed by atoms with Crippen molar-refractivity contribution >= 4 is 23.2 Å². The SMILES string of the molecule is Cc1ccccc1C(=O)N1CCN(c2ccccc2Cl)CC1. The summed E-state index contributed by atoms with van der Waals surface area (Å²) in [6, 6.07) is 15.6. The molecule has 1 fully saturated rings. The Balaban J connectivity index is 1.68. The molecule has 0 atom stereocenters. The molecular formula is C18H19ClN2O. The van der Waals surface area contributed by atoms with Crippen LogP contribution in [0.1, 0.15) is 15.9 Å². The molecule has 0 bridgehead atoms. The molecule has 2 aromatic rings. The number of aryl methyl sites for hydroxylation is 1. The minimum absolute atomic E-state index is 0.122. The van der Waals surface area contributed by atoms with Gasteiger partial charge in [0.15, 0.2) is 0 Å². The zero-order chi connectivity index (χ0) is 15.5. The number of halogens is 1. The van der Waals surface area contributed by atoms with E-state index in [1.165, 1.54) is 0 Å². The molecule has 3 nitrogen and oxygen atoms in total. The topological polar surface area (TPSA) is 23.6 Å². The maximum absolute atomic E-state index is 12.6. The highest BCUT2D eigenvalue weighted by Crippen LogP contribution is 2.26. The standard InChI is InChI=1S/C18H19ClN2O/c1-14-6-2-3-7-15(14)18(22)21-12-10-20(11-13-21)17-9-5-4-8-16(17)19/h2-9H,10-13H2,1H3. The molecule has 0 saturated carbocycles. The highest BCUT2D eigenvalue weighted by molar-refractivity contribution is 6.33. The van der Waals surface area contributed by atoms with E-state index in [0.29, 0.717) is 0 Å². The molecule has 0 unspecified atom stereocenters. The second kappa shape index (κ2) is 6.41. The molecule has 1 amide bonds. The smallest absolute Gasteiger partial charge is 0.254 e. The molecule has 1 heterocycles. The second-order valence-corrected chi connectivity index (χ2v) is 5.95. The van der Waals surface area contributed by atoms with E-state index in [2.05, 4.69) is 4.90 Å². The zero-order valence-electron chi connectivity index (χ0n) is 12.6. The predicted octanol–water partition coefficient (Wildman–Crippen LogP) is 3.61. The summed E-state index contributed by atoms with van der Waals surface area (Å²) >= 11 is 6.25. The van der Waals surface area contributed by atoms with Gasteiger partial charge in [0.25, 0.3) is 5.91 Å². The quantitative estimate of drug-likeness (QED) is 0.845. The lowest BCUT2D eigenvalue weighted by Gasteiger charge is -2.36. The minimum Gasteiger partial charge on any atom is -0.367 e. The number of nitrogens with zero attached hydrogens (tertiary/aromatic N) is 2. The molecule has 0 N–H and O–H groups in total. The van der Waals surface area contributed by atoms with Gasteiger partial charge in [0, 0.05) is 31.7 Å². The lowest BCUT2D eigenvalue weighted by atomic mass is 10.1. The van der Waals surface area contributed by atoms with Gasteiger partial charge in [-0.05, 0) is 30.7 Å². The highest BCUT2D eigenvalue weighted by atomic mass is 35.5. The first-order valence-corrected chi connectivity index (χ1v) is 7.89. The number of rotatable bonds is 2. The molecule has 1 aliphatic rings. The van der Waals surface area contributed by atoms with Crippen LogP contribution in [0.2, 0.25) is 5.02 Å². The van der Waals surface area contributed by atoms with Crippen LogP contribution in [0.5, 0.6) is 0 Å². The Hall–Kier alpha value is -2.00. The van der Waals surface area contributed by atoms with Crippen LogP contribution in [0, 0.1) is 6.92 Å². The molecule has 4 heteroatoms. The monoisotopic (exact) mass is 314 g/mol. The largest absolute Gasteiger partial charge is 0.367 e. The van der Waals surface area contributed by atoms with Gasteiger partial charge in [0.2, 0.25) is 0 Å². The van der Waals surface area contributed by atoms with Crippen LogP contribution in [-0.2, 0) is 0 Å². The number of piperazine rings is 1. The van der Waals surface area contributed by atoms with Crippen LogP contribution in [-0.4, -0.2) is 37.0 Å². The van der Waals surface area contributed by atoms with Crippen molar-refractivity contribution in [2.24, 2.45) is 0 Å². The summed E-state index contributed by atoms with van der Waals surface area (Å²) in [6.45, 7) is 5.03. The van der Waals surface area contributed by atoms with Crippen LogP contribution in [0.25, 0.3) is 0 Å². The van der Waals surface area contributed by atoms with Crippen molar-refractivity contribution in [1.29, 1.82) is 0 Å². The van der Waals surface area contributed by atoms with Crippen molar-refractivity contribution in [3.63, 3.8) is 0 Å². The molecule has 0 aromatic heterocycles. The van der Waals surface area contributed by atoms with E-state index in [0.717, 1.165) is 48.0 Å². The fourth-order valence-electron chi connectivity index (χ4n) is 2.84. The minimum atomic E-state index is 0.122. The molecule has 3 rings (SSSR count). The maximum atomic E-state index is 12.6. The fourth-order valence-corrected chi connectivity index (χ4v) is 3.10. The number of carbonyl (C=O) groups excluding carboxylic acids is 1. The van der Waals surface area contributed by atoms with Gasteiger partial charge < -0.3 is 9.80 Å². The molecule has 0 spiro atoms. The van der Waals surface area contributed by atoms with Gasteiger partial charge in [-0.2, -0.15) is 0 Å². The molecule has 2 aromatic carbocycles. The van der Waals surface area contributed by atoms with Crippen LogP contribution in [0.15, 0.2) is 48.5 Å². The Morgan fingerprint density at radius 2 is 1.59 bits per heavy atom. The summed E-state index contributed by atoms with van der Waals surface area (Å²) in [4.78, 5) is 16.8. The molecular weight excluding hydrogens is 296 g/mol. The molecule has 114 valence electrons. The van der Waals surface area contributed by atoms with Gasteiger partial charge in [0.05, 0.1) is 10.7 Å². The van der Waals surface area contributed by atoms with E-state index in [9.17, 15) is 4.79 Å². The average Bonchev–Trinajstić information content (AvgIpc) is 2.55. The summed E-state index contributed by atoms with van der Waals surface area (Å²) in [6.07, 6.45) is 0. The second-order valence-electron chi connectivity index (χ2n) is 5.55. The number of anilines is 1. The van der Waals surface area contributed by atoms with Crippen LogP contribution in [0.4, 0.5) is 5.69 Å². The summed E-state index contributed by atoms with van der Waals surface area (Å²) in [7, 11) is 0. The number of benzene rings is 2. The summed E-state index contributed by atoms with van der Waals surface area (Å²) in [5, 5.41) is 0.765. The maximum Gasteiger partial charge on any atom is 0.254 e. The first kappa shape index (κ1) is 14.9. The van der Waals surface area contributed by atoms with Gasteiger partial charge in [-0.3, -0.25) is 4.79 Å². The van der Waals surface area contributed by atoms with Gasteiger partial charge in [-0.15, -0.1) is 0 Å². The van der Waals surface area contributed by atoms with Crippen molar-refractivity contribution in [3.8, 4) is 0 Å². The van der Waals surface area contributed by atoms with E-state index in [1.807, 2.05) is 60.4 Å². The highest BCUT2D eigenvalue weighted by Gasteiger charge is 2.23. The molecule has 22 heavy (non-hydrogen) atoms. The third kappa shape index (κ3) is 2.95. The number of amides is 1. The summed E-state index contributed by atoms with van der Waals surface area (Å²) in [5.41, 5.74) is 2.88. The molecule has 1 aliphatic heterocycles. The van der Waals surface area contributed by atoms with E-state index in [4.69, 9.17) is 11.6 Å². The van der Waals surface area contributed by atoms with Gasteiger partial charge >= 0.3 is 0 Å². The molecule has 1 saturated heterocycles. The number of carbonyl (C=O) groups is 1.